The second kappa shape index (κ2) is 6.83. The van der Waals surface area contributed by atoms with Gasteiger partial charge in [-0.05, 0) is 23.6 Å². The number of hydrogen-bond donors (Lipinski definition) is 0. The highest BCUT2D eigenvalue weighted by atomic mass is 35.5. The number of halogens is 1. The molecular weight excluding hydrogens is 310 g/mol. The van der Waals surface area contributed by atoms with Crippen LogP contribution in [0.2, 0.25) is 5.02 Å². The molecule has 21 heavy (non-hydrogen) atoms. The number of nitrogens with zero attached hydrogens (tertiary/aromatic N) is 1. The van der Waals surface area contributed by atoms with Crippen molar-refractivity contribution in [2.45, 2.75) is 6.54 Å². The summed E-state index contributed by atoms with van der Waals surface area (Å²) in [7, 11) is 4.78. The molecular formula is C15H16ClNO3S. The van der Waals surface area contributed by atoms with Crippen LogP contribution in [0, 0.1) is 0 Å². The van der Waals surface area contributed by atoms with Crippen LogP contribution in [0.5, 0.6) is 11.5 Å². The Morgan fingerprint density at radius 3 is 2.67 bits per heavy atom. The molecule has 1 amide bonds. The van der Waals surface area contributed by atoms with Crippen molar-refractivity contribution in [2.75, 3.05) is 21.3 Å². The molecule has 0 N–H and O–H groups in total. The molecule has 2 aromatic rings. The lowest BCUT2D eigenvalue weighted by Crippen LogP contribution is -2.25. The van der Waals surface area contributed by atoms with Gasteiger partial charge < -0.3 is 14.4 Å². The number of rotatable bonds is 5. The molecule has 0 unspecified atom stereocenters. The maximum Gasteiger partial charge on any atom is 0.254 e. The Hall–Kier alpha value is -1.72. The highest BCUT2D eigenvalue weighted by molar-refractivity contribution is 7.09. The highest BCUT2D eigenvalue weighted by Gasteiger charge is 2.18. The number of benzene rings is 1. The lowest BCUT2D eigenvalue weighted by molar-refractivity contribution is 0.0786. The SMILES string of the molecule is COc1cc(C(=O)N(C)Cc2cccs2)cc(Cl)c1OC. The summed E-state index contributed by atoms with van der Waals surface area (Å²) in [5, 5.41) is 2.34. The number of amides is 1. The maximum atomic E-state index is 12.5. The van der Waals surface area contributed by atoms with E-state index in [1.54, 1.807) is 35.4 Å². The van der Waals surface area contributed by atoms with Gasteiger partial charge in [-0.25, -0.2) is 0 Å². The molecule has 0 radical (unpaired) electrons. The molecule has 4 nitrogen and oxygen atoms in total. The van der Waals surface area contributed by atoms with Gasteiger partial charge in [-0.3, -0.25) is 4.79 Å². The van der Waals surface area contributed by atoms with Crippen molar-refractivity contribution in [3.8, 4) is 11.5 Å². The van der Waals surface area contributed by atoms with Crippen LogP contribution in [0.4, 0.5) is 0 Å². The van der Waals surface area contributed by atoms with Crippen LogP contribution in [-0.2, 0) is 6.54 Å². The average molecular weight is 326 g/mol. The number of ether oxygens (including phenoxy) is 2. The van der Waals surface area contributed by atoms with E-state index in [9.17, 15) is 4.79 Å². The fourth-order valence-electron chi connectivity index (χ4n) is 1.97. The number of methoxy groups -OCH3 is 2. The predicted octanol–water partition coefficient (Wildman–Crippen LogP) is 3.69. The molecule has 0 spiro atoms. The minimum Gasteiger partial charge on any atom is -0.493 e. The van der Waals surface area contributed by atoms with Crippen molar-refractivity contribution < 1.29 is 14.3 Å². The summed E-state index contributed by atoms with van der Waals surface area (Å²) in [4.78, 5) is 15.2. The summed E-state index contributed by atoms with van der Waals surface area (Å²) in [5.74, 6) is 0.751. The van der Waals surface area contributed by atoms with Crippen LogP contribution in [0.3, 0.4) is 0 Å². The Balaban J connectivity index is 2.24. The molecule has 112 valence electrons. The topological polar surface area (TPSA) is 38.8 Å². The Kier molecular flexibility index (Phi) is 5.09. The standard InChI is InChI=1S/C15H16ClNO3S/c1-17(9-11-5-4-6-21-11)15(18)10-7-12(16)14(20-3)13(8-10)19-2/h4-8H,9H2,1-3H3. The minimum atomic E-state index is -0.119. The molecule has 1 aromatic heterocycles. The molecule has 0 saturated carbocycles. The van der Waals surface area contributed by atoms with E-state index < -0.39 is 0 Å². The van der Waals surface area contributed by atoms with Gasteiger partial charge in [0.05, 0.1) is 25.8 Å². The van der Waals surface area contributed by atoms with Gasteiger partial charge in [0.2, 0.25) is 0 Å². The van der Waals surface area contributed by atoms with E-state index in [0.717, 1.165) is 4.88 Å². The van der Waals surface area contributed by atoms with E-state index in [1.807, 2.05) is 17.5 Å². The second-order valence-electron chi connectivity index (χ2n) is 4.43. The van der Waals surface area contributed by atoms with E-state index in [2.05, 4.69) is 0 Å². The van der Waals surface area contributed by atoms with Crippen molar-refractivity contribution >= 4 is 28.8 Å². The van der Waals surface area contributed by atoms with Gasteiger partial charge in [-0.15, -0.1) is 11.3 Å². The zero-order valence-electron chi connectivity index (χ0n) is 12.1. The van der Waals surface area contributed by atoms with Crippen LogP contribution in [-0.4, -0.2) is 32.1 Å². The van der Waals surface area contributed by atoms with Crippen LogP contribution in [0.25, 0.3) is 0 Å². The van der Waals surface area contributed by atoms with Gasteiger partial charge in [-0.2, -0.15) is 0 Å². The quantitative estimate of drug-likeness (QED) is 0.841. The van der Waals surface area contributed by atoms with Gasteiger partial charge in [0, 0.05) is 17.5 Å². The first-order chi connectivity index (χ1) is 10.1. The third kappa shape index (κ3) is 3.49. The average Bonchev–Trinajstić information content (AvgIpc) is 2.98. The van der Waals surface area contributed by atoms with Crippen LogP contribution in [0.1, 0.15) is 15.2 Å². The maximum absolute atomic E-state index is 12.5. The Bertz CT molecular complexity index is 628. The molecule has 1 heterocycles. The first-order valence-electron chi connectivity index (χ1n) is 6.26. The monoisotopic (exact) mass is 325 g/mol. The van der Waals surface area contributed by atoms with Crippen molar-refractivity contribution in [3.05, 3.63) is 45.1 Å². The van der Waals surface area contributed by atoms with Crippen molar-refractivity contribution in [1.82, 2.24) is 4.90 Å². The smallest absolute Gasteiger partial charge is 0.254 e. The van der Waals surface area contributed by atoms with Crippen LogP contribution >= 0.6 is 22.9 Å². The van der Waals surface area contributed by atoms with Crippen molar-refractivity contribution in [2.24, 2.45) is 0 Å². The number of carbonyl (C=O) groups excluding carboxylic acids is 1. The number of thiophene rings is 1. The molecule has 1 aromatic carbocycles. The summed E-state index contributed by atoms with van der Waals surface area (Å²) >= 11 is 7.75. The summed E-state index contributed by atoms with van der Waals surface area (Å²) in [6.07, 6.45) is 0. The molecule has 0 bridgehead atoms. The molecule has 0 atom stereocenters. The minimum absolute atomic E-state index is 0.119. The normalized spacial score (nSPS) is 10.3. The first kappa shape index (κ1) is 15.7. The van der Waals surface area contributed by atoms with Crippen LogP contribution < -0.4 is 9.47 Å². The zero-order chi connectivity index (χ0) is 15.4. The van der Waals surface area contributed by atoms with Gasteiger partial charge in [0.1, 0.15) is 0 Å². The van der Waals surface area contributed by atoms with Crippen molar-refractivity contribution in [3.63, 3.8) is 0 Å². The summed E-state index contributed by atoms with van der Waals surface area (Å²) in [6.45, 7) is 0.558. The molecule has 0 aliphatic heterocycles. The van der Waals surface area contributed by atoms with E-state index in [4.69, 9.17) is 21.1 Å². The summed E-state index contributed by atoms with van der Waals surface area (Å²) in [6, 6.07) is 7.19. The van der Waals surface area contributed by atoms with Gasteiger partial charge in [0.15, 0.2) is 11.5 Å². The Morgan fingerprint density at radius 2 is 2.10 bits per heavy atom. The molecule has 0 aliphatic rings. The lowest BCUT2D eigenvalue weighted by atomic mass is 10.1. The van der Waals surface area contributed by atoms with Crippen LogP contribution in [0.15, 0.2) is 29.6 Å². The van der Waals surface area contributed by atoms with E-state index in [-0.39, 0.29) is 5.91 Å². The fourth-order valence-corrected chi connectivity index (χ4v) is 3.01. The van der Waals surface area contributed by atoms with Gasteiger partial charge >= 0.3 is 0 Å². The third-order valence-corrected chi connectivity index (χ3v) is 4.14. The van der Waals surface area contributed by atoms with Gasteiger partial charge in [-0.1, -0.05) is 17.7 Å². The molecule has 0 aliphatic carbocycles. The Labute approximate surface area is 132 Å². The highest BCUT2D eigenvalue weighted by Crippen LogP contribution is 2.36. The van der Waals surface area contributed by atoms with Gasteiger partial charge in [0.25, 0.3) is 5.91 Å². The first-order valence-corrected chi connectivity index (χ1v) is 7.52. The predicted molar refractivity (Wildman–Crippen MR) is 84.7 cm³/mol. The third-order valence-electron chi connectivity index (χ3n) is 3.00. The van der Waals surface area contributed by atoms with E-state index in [0.29, 0.717) is 28.6 Å². The van der Waals surface area contributed by atoms with E-state index in [1.165, 1.54) is 14.2 Å². The number of hydrogen-bond acceptors (Lipinski definition) is 4. The molecule has 0 fully saturated rings. The molecule has 2 rings (SSSR count). The van der Waals surface area contributed by atoms with E-state index >= 15 is 0 Å². The molecule has 6 heteroatoms. The lowest BCUT2D eigenvalue weighted by Gasteiger charge is -2.18. The van der Waals surface area contributed by atoms with Crippen molar-refractivity contribution in [1.29, 1.82) is 0 Å². The second-order valence-corrected chi connectivity index (χ2v) is 5.87. The Morgan fingerprint density at radius 1 is 1.33 bits per heavy atom. The molecule has 0 saturated heterocycles. The fraction of sp³-hybridized carbons (Fsp3) is 0.267. The summed E-state index contributed by atoms with van der Waals surface area (Å²) in [5.41, 5.74) is 0.469. The largest absolute Gasteiger partial charge is 0.493 e. The number of carbonyl (C=O) groups is 1. The zero-order valence-corrected chi connectivity index (χ0v) is 13.6. The summed E-state index contributed by atoms with van der Waals surface area (Å²) < 4.78 is 10.4.